The number of halogens is 1. The van der Waals surface area contributed by atoms with Gasteiger partial charge in [0.2, 0.25) is 0 Å². The van der Waals surface area contributed by atoms with Crippen molar-refractivity contribution in [1.29, 1.82) is 0 Å². The van der Waals surface area contributed by atoms with Gasteiger partial charge >= 0.3 is 5.97 Å². The molecule has 4 nitrogen and oxygen atoms in total. The van der Waals surface area contributed by atoms with Crippen LogP contribution in [0.1, 0.15) is 23.4 Å². The van der Waals surface area contributed by atoms with Gasteiger partial charge in [-0.05, 0) is 6.92 Å². The van der Waals surface area contributed by atoms with Crippen LogP contribution in [0.5, 0.6) is 0 Å². The van der Waals surface area contributed by atoms with Crippen molar-refractivity contribution in [2.75, 3.05) is 6.61 Å². The molecule has 1 aromatic rings. The molecule has 1 heterocycles. The first-order valence-corrected chi connectivity index (χ1v) is 3.83. The third-order valence-corrected chi connectivity index (χ3v) is 1.41. The van der Waals surface area contributed by atoms with E-state index in [0.717, 1.165) is 0 Å². The maximum absolute atomic E-state index is 11.0. The zero-order chi connectivity index (χ0) is 9.14. The van der Waals surface area contributed by atoms with Gasteiger partial charge in [0.15, 0.2) is 11.0 Å². The summed E-state index contributed by atoms with van der Waals surface area (Å²) in [6.45, 7) is 3.60. The maximum atomic E-state index is 11.0. The zero-order valence-electron chi connectivity index (χ0n) is 6.76. The molecule has 0 spiro atoms. The lowest BCUT2D eigenvalue weighted by molar-refractivity contribution is 0.0489. The largest absolute Gasteiger partial charge is 0.460 e. The summed E-state index contributed by atoms with van der Waals surface area (Å²) in [4.78, 5) is 14.8. The Bertz CT molecular complexity index is 295. The van der Waals surface area contributed by atoms with Crippen LogP contribution in [0.3, 0.4) is 0 Å². The molecule has 0 saturated carbocycles. The second-order valence-corrected chi connectivity index (χ2v) is 2.43. The number of esters is 1. The first-order chi connectivity index (χ1) is 5.65. The minimum absolute atomic E-state index is 0.0315. The molecule has 0 saturated heterocycles. The second kappa shape index (κ2) is 3.58. The molecule has 0 aromatic carbocycles. The quantitative estimate of drug-likeness (QED) is 0.666. The fourth-order valence-electron chi connectivity index (χ4n) is 0.724. The first-order valence-electron chi connectivity index (χ1n) is 3.45. The van der Waals surface area contributed by atoms with E-state index in [1.807, 2.05) is 0 Å². The lowest BCUT2D eigenvalue weighted by Gasteiger charge is -1.95. The van der Waals surface area contributed by atoms with Crippen molar-refractivity contribution < 1.29 is 13.9 Å². The van der Waals surface area contributed by atoms with Gasteiger partial charge in [-0.15, -0.1) is 0 Å². The monoisotopic (exact) mass is 189 g/mol. The highest BCUT2D eigenvalue weighted by Gasteiger charge is 2.17. The Morgan fingerprint density at radius 1 is 1.75 bits per heavy atom. The summed E-state index contributed by atoms with van der Waals surface area (Å²) in [5, 5.41) is 0.0472. The number of ether oxygens (including phenoxy) is 1. The number of hydrogen-bond donors (Lipinski definition) is 0. The van der Waals surface area contributed by atoms with Crippen LogP contribution >= 0.6 is 11.6 Å². The highest BCUT2D eigenvalue weighted by atomic mass is 35.5. The number of nitrogens with zero attached hydrogens (tertiary/aromatic N) is 1. The molecular weight excluding hydrogens is 182 g/mol. The standard InChI is InChI=1S/C7H8ClNO3/c1-3-11-7(10)5-6(8)9-4(2)12-5/h3H2,1-2H3. The Hall–Kier alpha value is -1.03. The molecule has 0 radical (unpaired) electrons. The van der Waals surface area contributed by atoms with Crippen LogP contribution in [-0.4, -0.2) is 17.6 Å². The summed E-state index contributed by atoms with van der Waals surface area (Å²) in [6, 6.07) is 0. The minimum Gasteiger partial charge on any atom is -0.460 e. The smallest absolute Gasteiger partial charge is 0.377 e. The van der Waals surface area contributed by atoms with Gasteiger partial charge in [0.05, 0.1) is 6.61 Å². The lowest BCUT2D eigenvalue weighted by atomic mass is 10.5. The number of aryl methyl sites for hydroxylation is 1. The molecule has 66 valence electrons. The first kappa shape index (κ1) is 9.06. The summed E-state index contributed by atoms with van der Waals surface area (Å²) in [5.41, 5.74) is 0. The average Bonchev–Trinajstić information content (AvgIpc) is 2.30. The number of rotatable bonds is 2. The molecule has 0 amide bonds. The van der Waals surface area contributed by atoms with Crippen molar-refractivity contribution in [2.24, 2.45) is 0 Å². The minimum atomic E-state index is -0.580. The van der Waals surface area contributed by atoms with E-state index in [2.05, 4.69) is 9.72 Å². The Kier molecular flexibility index (Phi) is 2.70. The fraction of sp³-hybridized carbons (Fsp3) is 0.429. The van der Waals surface area contributed by atoms with Crippen LogP contribution in [0, 0.1) is 6.92 Å². The molecule has 0 aliphatic rings. The van der Waals surface area contributed by atoms with Crippen LogP contribution in [0.15, 0.2) is 4.42 Å². The van der Waals surface area contributed by atoms with Crippen LogP contribution in [0.25, 0.3) is 0 Å². The van der Waals surface area contributed by atoms with Gasteiger partial charge in [0.25, 0.3) is 5.76 Å². The maximum Gasteiger partial charge on any atom is 0.377 e. The van der Waals surface area contributed by atoms with E-state index in [1.165, 1.54) is 0 Å². The van der Waals surface area contributed by atoms with Gasteiger partial charge in [0, 0.05) is 6.92 Å². The number of carbonyl (C=O) groups excluding carboxylic acids is 1. The third-order valence-electron chi connectivity index (χ3n) is 1.15. The molecule has 12 heavy (non-hydrogen) atoms. The third kappa shape index (κ3) is 1.76. The summed E-state index contributed by atoms with van der Waals surface area (Å²) in [5.74, 6) is -0.262. The van der Waals surface area contributed by atoms with Crippen molar-refractivity contribution >= 4 is 17.6 Å². The van der Waals surface area contributed by atoms with E-state index in [1.54, 1.807) is 13.8 Å². The normalized spacial score (nSPS) is 9.92. The summed E-state index contributed by atoms with van der Waals surface area (Å²) in [7, 11) is 0. The van der Waals surface area contributed by atoms with Gasteiger partial charge in [-0.2, -0.15) is 0 Å². The van der Waals surface area contributed by atoms with Crippen molar-refractivity contribution in [2.45, 2.75) is 13.8 Å². The Labute approximate surface area is 74.5 Å². The van der Waals surface area contributed by atoms with Crippen LogP contribution < -0.4 is 0 Å². The zero-order valence-corrected chi connectivity index (χ0v) is 7.51. The molecule has 0 aliphatic heterocycles. The van der Waals surface area contributed by atoms with Crippen molar-refractivity contribution in [3.63, 3.8) is 0 Å². The van der Waals surface area contributed by atoms with Gasteiger partial charge in [-0.1, -0.05) is 11.6 Å². The van der Waals surface area contributed by atoms with Crippen molar-refractivity contribution in [3.8, 4) is 0 Å². The molecule has 0 fully saturated rings. The van der Waals surface area contributed by atoms with Crippen molar-refractivity contribution in [1.82, 2.24) is 4.98 Å². The number of carbonyl (C=O) groups is 1. The second-order valence-electron chi connectivity index (χ2n) is 2.07. The van der Waals surface area contributed by atoms with E-state index in [0.29, 0.717) is 5.89 Å². The Morgan fingerprint density at radius 3 is 2.83 bits per heavy atom. The van der Waals surface area contributed by atoms with Gasteiger partial charge in [0.1, 0.15) is 0 Å². The summed E-state index contributed by atoms with van der Waals surface area (Å²) < 4.78 is 9.58. The molecule has 0 bridgehead atoms. The molecule has 1 rings (SSSR count). The van der Waals surface area contributed by atoms with Crippen LogP contribution in [0.2, 0.25) is 5.15 Å². The SMILES string of the molecule is CCOC(=O)c1oc(C)nc1Cl. The number of hydrogen-bond acceptors (Lipinski definition) is 4. The predicted octanol–water partition coefficient (Wildman–Crippen LogP) is 1.81. The number of oxazole rings is 1. The summed E-state index contributed by atoms with van der Waals surface area (Å²) >= 11 is 5.57. The van der Waals surface area contributed by atoms with E-state index < -0.39 is 5.97 Å². The lowest BCUT2D eigenvalue weighted by Crippen LogP contribution is -2.03. The van der Waals surface area contributed by atoms with Gasteiger partial charge < -0.3 is 9.15 Å². The number of aromatic nitrogens is 1. The highest BCUT2D eigenvalue weighted by Crippen LogP contribution is 2.16. The van der Waals surface area contributed by atoms with E-state index >= 15 is 0 Å². The molecule has 5 heteroatoms. The Morgan fingerprint density at radius 2 is 2.42 bits per heavy atom. The highest BCUT2D eigenvalue weighted by molar-refractivity contribution is 6.31. The van der Waals surface area contributed by atoms with Crippen molar-refractivity contribution in [3.05, 3.63) is 16.8 Å². The molecule has 0 unspecified atom stereocenters. The summed E-state index contributed by atoms with van der Waals surface area (Å²) in [6.07, 6.45) is 0. The molecular formula is C7H8ClNO3. The molecule has 0 atom stereocenters. The van der Waals surface area contributed by atoms with Gasteiger partial charge in [-0.25, -0.2) is 9.78 Å². The Balaban J connectivity index is 2.87. The van der Waals surface area contributed by atoms with E-state index in [-0.39, 0.29) is 17.5 Å². The molecule has 0 N–H and O–H groups in total. The molecule has 0 aliphatic carbocycles. The molecule has 1 aromatic heterocycles. The van der Waals surface area contributed by atoms with Crippen LogP contribution in [-0.2, 0) is 4.74 Å². The van der Waals surface area contributed by atoms with Gasteiger partial charge in [-0.3, -0.25) is 0 Å². The topological polar surface area (TPSA) is 52.3 Å². The fourth-order valence-corrected chi connectivity index (χ4v) is 0.959. The van der Waals surface area contributed by atoms with E-state index in [4.69, 9.17) is 16.0 Å². The predicted molar refractivity (Wildman–Crippen MR) is 42.2 cm³/mol. The van der Waals surface area contributed by atoms with Crippen LogP contribution in [0.4, 0.5) is 0 Å². The van der Waals surface area contributed by atoms with E-state index in [9.17, 15) is 4.79 Å². The average molecular weight is 190 g/mol.